The summed E-state index contributed by atoms with van der Waals surface area (Å²) in [5.74, 6) is 1.55. The van der Waals surface area contributed by atoms with Crippen molar-refractivity contribution in [2.45, 2.75) is 19.8 Å². The van der Waals surface area contributed by atoms with Crippen LogP contribution in [0.5, 0.6) is 0 Å². The first-order chi connectivity index (χ1) is 14.6. The molecule has 0 spiro atoms. The number of piperazine rings is 1. The van der Waals surface area contributed by atoms with Gasteiger partial charge in [0, 0.05) is 38.3 Å². The Labute approximate surface area is 178 Å². The fraction of sp³-hybridized carbons (Fsp3) is 0.360. The number of allylic oxidation sites excluding steroid dienone is 3. The molecule has 1 N–H and O–H groups in total. The molecule has 0 bridgehead atoms. The van der Waals surface area contributed by atoms with Gasteiger partial charge in [-0.15, -0.1) is 0 Å². The van der Waals surface area contributed by atoms with Crippen molar-refractivity contribution in [3.63, 3.8) is 0 Å². The van der Waals surface area contributed by atoms with Gasteiger partial charge >= 0.3 is 0 Å². The van der Waals surface area contributed by atoms with E-state index in [0.717, 1.165) is 60.3 Å². The van der Waals surface area contributed by atoms with Gasteiger partial charge in [0.25, 0.3) is 0 Å². The van der Waals surface area contributed by atoms with Crippen LogP contribution in [0.15, 0.2) is 60.0 Å². The minimum absolute atomic E-state index is 0.167. The fourth-order valence-electron chi connectivity index (χ4n) is 4.60. The lowest BCUT2D eigenvalue weighted by Gasteiger charge is -2.40. The van der Waals surface area contributed by atoms with Crippen LogP contribution in [-0.2, 0) is 16.0 Å². The molecule has 1 aliphatic carbocycles. The van der Waals surface area contributed by atoms with E-state index in [1.807, 2.05) is 41.3 Å². The Morgan fingerprint density at radius 2 is 1.87 bits per heavy atom. The average molecular weight is 404 g/mol. The number of nitrogens with zero attached hydrogens (tertiary/aromatic N) is 2. The molecule has 0 radical (unpaired) electrons. The summed E-state index contributed by atoms with van der Waals surface area (Å²) in [6.07, 6.45) is 7.03. The van der Waals surface area contributed by atoms with Crippen molar-refractivity contribution in [3.05, 3.63) is 71.1 Å². The zero-order valence-electron chi connectivity index (χ0n) is 17.7. The van der Waals surface area contributed by atoms with E-state index in [1.165, 1.54) is 11.9 Å². The van der Waals surface area contributed by atoms with Gasteiger partial charge in [-0.25, -0.2) is 0 Å². The van der Waals surface area contributed by atoms with Crippen molar-refractivity contribution in [2.75, 3.05) is 33.3 Å². The number of nitrogens with one attached hydrogen (secondary N) is 1. The van der Waals surface area contributed by atoms with Gasteiger partial charge in [0.2, 0.25) is 5.91 Å². The number of rotatable bonds is 5. The second kappa shape index (κ2) is 8.74. The summed E-state index contributed by atoms with van der Waals surface area (Å²) in [7, 11) is 1.73. The van der Waals surface area contributed by atoms with E-state index in [0.29, 0.717) is 12.3 Å². The molecule has 2 aliphatic rings. The topological polar surface area (TPSA) is 56.6 Å². The Bertz CT molecular complexity index is 1020. The van der Waals surface area contributed by atoms with Crippen molar-refractivity contribution in [1.82, 2.24) is 9.80 Å². The maximum absolute atomic E-state index is 13.0. The molecule has 1 unspecified atom stereocenters. The van der Waals surface area contributed by atoms with Crippen LogP contribution in [-0.4, -0.2) is 55.2 Å². The van der Waals surface area contributed by atoms with Gasteiger partial charge in [-0.1, -0.05) is 49.4 Å². The molecule has 0 aromatic heterocycles. The van der Waals surface area contributed by atoms with E-state index in [1.54, 1.807) is 7.11 Å². The van der Waals surface area contributed by atoms with E-state index >= 15 is 0 Å². The number of methoxy groups -OCH3 is 1. The molecule has 1 fully saturated rings. The number of amides is 1. The van der Waals surface area contributed by atoms with E-state index in [9.17, 15) is 4.79 Å². The lowest BCUT2D eigenvalue weighted by molar-refractivity contribution is -0.132. The van der Waals surface area contributed by atoms with E-state index in [2.05, 4.69) is 24.0 Å². The third kappa shape index (κ3) is 3.84. The summed E-state index contributed by atoms with van der Waals surface area (Å²) < 4.78 is 5.60. The zero-order valence-corrected chi connectivity index (χ0v) is 17.7. The Morgan fingerprint density at radius 1 is 1.13 bits per heavy atom. The van der Waals surface area contributed by atoms with Crippen LogP contribution in [0, 0.1) is 11.3 Å². The van der Waals surface area contributed by atoms with Gasteiger partial charge in [-0.3, -0.25) is 4.79 Å². The molecule has 1 aliphatic heterocycles. The number of benzene rings is 2. The first kappa shape index (κ1) is 20.2. The molecule has 2 aromatic rings. The minimum Gasteiger partial charge on any atom is -0.495 e. The molecule has 2 aromatic carbocycles. The molecule has 0 saturated carbocycles. The van der Waals surface area contributed by atoms with Gasteiger partial charge < -0.3 is 19.9 Å². The van der Waals surface area contributed by atoms with E-state index < -0.39 is 0 Å². The van der Waals surface area contributed by atoms with Crippen LogP contribution in [0.25, 0.3) is 10.8 Å². The quantitative estimate of drug-likeness (QED) is 0.769. The van der Waals surface area contributed by atoms with Gasteiger partial charge in [0.15, 0.2) is 0 Å². The first-order valence-electron chi connectivity index (χ1n) is 10.6. The van der Waals surface area contributed by atoms with Crippen LogP contribution in [0.2, 0.25) is 0 Å². The summed E-state index contributed by atoms with van der Waals surface area (Å²) in [5.41, 5.74) is 3.17. The van der Waals surface area contributed by atoms with Crippen molar-refractivity contribution in [2.24, 2.45) is 5.92 Å². The number of ether oxygens (including phenoxy) is 1. The van der Waals surface area contributed by atoms with Crippen LogP contribution in [0.4, 0.5) is 0 Å². The zero-order chi connectivity index (χ0) is 21.1. The third-order valence-electron chi connectivity index (χ3n) is 6.22. The third-order valence-corrected chi connectivity index (χ3v) is 6.22. The second-order valence-corrected chi connectivity index (χ2v) is 8.04. The van der Waals surface area contributed by atoms with Crippen molar-refractivity contribution in [3.8, 4) is 0 Å². The molecule has 5 heteroatoms. The van der Waals surface area contributed by atoms with Gasteiger partial charge in [-0.05, 0) is 34.4 Å². The summed E-state index contributed by atoms with van der Waals surface area (Å²) in [6, 6.07) is 12.0. The van der Waals surface area contributed by atoms with Crippen LogP contribution >= 0.6 is 0 Å². The first-order valence-corrected chi connectivity index (χ1v) is 10.6. The van der Waals surface area contributed by atoms with Crippen molar-refractivity contribution < 1.29 is 9.53 Å². The highest BCUT2D eigenvalue weighted by Crippen LogP contribution is 2.29. The normalized spacial score (nSPS) is 19.3. The SMILES string of the molecule is COC1=C(N2CCN(C(=O)Cc3ccc(C=N)c4ccccc34)CC2)C(C)CC=C1. The van der Waals surface area contributed by atoms with Crippen molar-refractivity contribution >= 4 is 22.9 Å². The molecule has 30 heavy (non-hydrogen) atoms. The average Bonchev–Trinajstić information content (AvgIpc) is 2.79. The molecule has 1 saturated heterocycles. The number of hydrogen-bond acceptors (Lipinski definition) is 4. The van der Waals surface area contributed by atoms with Crippen molar-refractivity contribution in [1.29, 1.82) is 5.41 Å². The van der Waals surface area contributed by atoms with Gasteiger partial charge in [0.05, 0.1) is 19.2 Å². The smallest absolute Gasteiger partial charge is 0.227 e. The summed E-state index contributed by atoms with van der Waals surface area (Å²) >= 11 is 0. The molecular weight excluding hydrogens is 374 g/mol. The summed E-state index contributed by atoms with van der Waals surface area (Å²) in [4.78, 5) is 17.4. The summed E-state index contributed by atoms with van der Waals surface area (Å²) in [6.45, 7) is 5.36. The number of carbonyl (C=O) groups is 1. The van der Waals surface area contributed by atoms with Crippen LogP contribution in [0.3, 0.4) is 0 Å². The predicted octanol–water partition coefficient (Wildman–Crippen LogP) is 3.98. The standard InChI is InChI=1S/C25H29N3O2/c1-18-6-5-9-23(30-2)25(18)28-14-12-27(13-15-28)24(29)16-19-10-11-20(17-26)22-8-4-3-7-21(19)22/h3-5,7-11,17-18,26H,6,12-16H2,1-2H3. The van der Waals surface area contributed by atoms with Gasteiger partial charge in [-0.2, -0.15) is 0 Å². The molecule has 1 heterocycles. The molecule has 1 atom stereocenters. The molecule has 5 nitrogen and oxygen atoms in total. The maximum atomic E-state index is 13.0. The number of hydrogen-bond donors (Lipinski definition) is 1. The predicted molar refractivity (Wildman–Crippen MR) is 121 cm³/mol. The molecular formula is C25H29N3O2. The molecule has 1 amide bonds. The van der Waals surface area contributed by atoms with E-state index in [-0.39, 0.29) is 5.91 Å². The fourth-order valence-corrected chi connectivity index (χ4v) is 4.60. The van der Waals surface area contributed by atoms with Crippen LogP contribution < -0.4 is 0 Å². The largest absolute Gasteiger partial charge is 0.495 e. The maximum Gasteiger partial charge on any atom is 0.227 e. The highest BCUT2D eigenvalue weighted by molar-refractivity contribution is 6.01. The highest BCUT2D eigenvalue weighted by Gasteiger charge is 2.28. The Morgan fingerprint density at radius 3 is 2.57 bits per heavy atom. The Hall–Kier alpha value is -3.08. The molecule has 4 rings (SSSR count). The lowest BCUT2D eigenvalue weighted by atomic mass is 9.96. The Kier molecular flexibility index (Phi) is 5.88. The lowest BCUT2D eigenvalue weighted by Crippen LogP contribution is -2.49. The second-order valence-electron chi connectivity index (χ2n) is 8.04. The van der Waals surface area contributed by atoms with Crippen LogP contribution in [0.1, 0.15) is 24.5 Å². The highest BCUT2D eigenvalue weighted by atomic mass is 16.5. The minimum atomic E-state index is 0.167. The van der Waals surface area contributed by atoms with Gasteiger partial charge in [0.1, 0.15) is 5.76 Å². The Balaban J connectivity index is 1.46. The van der Waals surface area contributed by atoms with E-state index in [4.69, 9.17) is 10.1 Å². The number of fused-ring (bicyclic) bond motifs is 1. The molecule has 156 valence electrons. The summed E-state index contributed by atoms with van der Waals surface area (Å²) in [5, 5.41) is 9.71. The number of carbonyl (C=O) groups excluding carboxylic acids is 1. The monoisotopic (exact) mass is 403 g/mol.